The molecule has 0 aliphatic carbocycles. The van der Waals surface area contributed by atoms with Crippen LogP contribution in [0.5, 0.6) is 0 Å². The van der Waals surface area contributed by atoms with Gasteiger partial charge in [-0.25, -0.2) is 4.98 Å². The minimum absolute atomic E-state index is 0.279. The maximum atomic E-state index is 5.45. The van der Waals surface area contributed by atoms with Gasteiger partial charge in [0.1, 0.15) is 0 Å². The first kappa shape index (κ1) is 13.3. The van der Waals surface area contributed by atoms with Gasteiger partial charge in [-0.1, -0.05) is 30.3 Å². The maximum Gasteiger partial charge on any atom is 0.227 e. The van der Waals surface area contributed by atoms with E-state index in [1.54, 1.807) is 7.11 Å². The zero-order valence-electron chi connectivity index (χ0n) is 12.5. The number of rotatable bonds is 3. The molecule has 0 radical (unpaired) electrons. The predicted octanol–water partition coefficient (Wildman–Crippen LogP) is 2.62. The van der Waals surface area contributed by atoms with Crippen molar-refractivity contribution in [2.24, 2.45) is 0 Å². The van der Waals surface area contributed by atoms with Crippen molar-refractivity contribution < 1.29 is 4.74 Å². The Morgan fingerprint density at radius 3 is 2.82 bits per heavy atom. The molecule has 5 nitrogen and oxygen atoms in total. The molecule has 1 fully saturated rings. The van der Waals surface area contributed by atoms with Crippen LogP contribution in [0.15, 0.2) is 48.7 Å². The first-order valence-electron chi connectivity index (χ1n) is 7.53. The van der Waals surface area contributed by atoms with Crippen LogP contribution in [0.4, 0.5) is 5.95 Å². The number of ether oxygens (including phenoxy) is 1. The Hall–Kier alpha value is -2.40. The number of hydrogen-bond acceptors (Lipinski definition) is 4. The zero-order valence-corrected chi connectivity index (χ0v) is 12.5. The summed E-state index contributed by atoms with van der Waals surface area (Å²) >= 11 is 0. The molecule has 0 unspecified atom stereocenters. The second-order valence-electron chi connectivity index (χ2n) is 5.57. The molecule has 1 saturated heterocycles. The fourth-order valence-electron chi connectivity index (χ4n) is 2.98. The lowest BCUT2D eigenvalue weighted by Crippen LogP contribution is -2.25. The smallest absolute Gasteiger partial charge is 0.227 e. The van der Waals surface area contributed by atoms with Crippen LogP contribution in [0.1, 0.15) is 6.42 Å². The molecule has 0 bridgehead atoms. The van der Waals surface area contributed by atoms with Crippen molar-refractivity contribution in [3.05, 3.63) is 48.7 Å². The summed E-state index contributed by atoms with van der Waals surface area (Å²) in [4.78, 5) is 6.77. The van der Waals surface area contributed by atoms with Crippen LogP contribution in [0.2, 0.25) is 0 Å². The molecule has 3 aromatic rings. The van der Waals surface area contributed by atoms with Gasteiger partial charge in [0.15, 0.2) is 0 Å². The summed E-state index contributed by atoms with van der Waals surface area (Å²) in [5, 5.41) is 4.75. The number of hydrogen-bond donors (Lipinski definition) is 0. The Morgan fingerprint density at radius 2 is 2.05 bits per heavy atom. The van der Waals surface area contributed by atoms with Crippen molar-refractivity contribution in [1.82, 2.24) is 14.6 Å². The van der Waals surface area contributed by atoms with Gasteiger partial charge in [-0.3, -0.25) is 0 Å². The van der Waals surface area contributed by atoms with Gasteiger partial charge in [0.25, 0.3) is 0 Å². The molecule has 1 aliphatic rings. The van der Waals surface area contributed by atoms with E-state index in [1.165, 1.54) is 0 Å². The highest BCUT2D eigenvalue weighted by molar-refractivity contribution is 5.67. The maximum absolute atomic E-state index is 5.45. The van der Waals surface area contributed by atoms with Gasteiger partial charge in [0, 0.05) is 32.0 Å². The second kappa shape index (κ2) is 5.42. The van der Waals surface area contributed by atoms with Gasteiger partial charge >= 0.3 is 0 Å². The number of fused-ring (bicyclic) bond motifs is 1. The average Bonchev–Trinajstić information content (AvgIpc) is 3.22. The molecule has 4 rings (SSSR count). The van der Waals surface area contributed by atoms with E-state index in [1.807, 2.05) is 35.0 Å². The molecule has 0 N–H and O–H groups in total. The standard InChI is InChI=1S/C17H18N4O/c1-22-15-8-10-20(12-15)17-18-9-7-14-11-16(19-21(14)17)13-5-3-2-4-6-13/h2-7,9,11,15H,8,10,12H2,1H3/t15-/m1/s1. The fraction of sp³-hybridized carbons (Fsp3) is 0.294. The van der Waals surface area contributed by atoms with E-state index in [0.29, 0.717) is 0 Å². The third-order valence-electron chi connectivity index (χ3n) is 4.19. The number of methoxy groups -OCH3 is 1. The van der Waals surface area contributed by atoms with E-state index in [4.69, 9.17) is 9.84 Å². The average molecular weight is 294 g/mol. The fourth-order valence-corrected chi connectivity index (χ4v) is 2.98. The highest BCUT2D eigenvalue weighted by atomic mass is 16.5. The SMILES string of the molecule is CO[C@@H]1CCN(c2nccc3cc(-c4ccccc4)nn23)C1. The van der Waals surface area contributed by atoms with E-state index in [2.05, 4.69) is 28.1 Å². The highest BCUT2D eigenvalue weighted by Crippen LogP contribution is 2.24. The first-order valence-corrected chi connectivity index (χ1v) is 7.53. The normalized spacial score (nSPS) is 18.2. The monoisotopic (exact) mass is 294 g/mol. The summed E-state index contributed by atoms with van der Waals surface area (Å²) in [6.45, 7) is 1.81. The molecule has 5 heteroatoms. The van der Waals surface area contributed by atoms with E-state index in [9.17, 15) is 0 Å². The van der Waals surface area contributed by atoms with Gasteiger partial charge < -0.3 is 9.64 Å². The number of nitrogens with zero attached hydrogens (tertiary/aromatic N) is 4. The van der Waals surface area contributed by atoms with Crippen LogP contribution in [0.25, 0.3) is 16.8 Å². The third-order valence-corrected chi connectivity index (χ3v) is 4.19. The molecule has 112 valence electrons. The lowest BCUT2D eigenvalue weighted by molar-refractivity contribution is 0.121. The van der Waals surface area contributed by atoms with Crippen LogP contribution in [-0.2, 0) is 4.74 Å². The van der Waals surface area contributed by atoms with Gasteiger partial charge in [-0.2, -0.15) is 9.61 Å². The number of aromatic nitrogens is 3. The van der Waals surface area contributed by atoms with E-state index < -0.39 is 0 Å². The molecule has 22 heavy (non-hydrogen) atoms. The molecule has 2 aromatic heterocycles. The lowest BCUT2D eigenvalue weighted by atomic mass is 10.1. The Kier molecular flexibility index (Phi) is 3.27. The van der Waals surface area contributed by atoms with Crippen molar-refractivity contribution >= 4 is 11.5 Å². The summed E-state index contributed by atoms with van der Waals surface area (Å²) < 4.78 is 7.38. The van der Waals surface area contributed by atoms with Crippen molar-refractivity contribution in [3.8, 4) is 11.3 Å². The summed E-state index contributed by atoms with van der Waals surface area (Å²) in [6, 6.07) is 14.3. The summed E-state index contributed by atoms with van der Waals surface area (Å²) in [6.07, 6.45) is 3.16. The molecule has 0 saturated carbocycles. The van der Waals surface area contributed by atoms with E-state index in [-0.39, 0.29) is 6.10 Å². The predicted molar refractivity (Wildman–Crippen MR) is 86.1 cm³/mol. The number of anilines is 1. The Labute approximate surface area is 129 Å². The van der Waals surface area contributed by atoms with Crippen molar-refractivity contribution in [3.63, 3.8) is 0 Å². The van der Waals surface area contributed by atoms with Crippen molar-refractivity contribution in [2.75, 3.05) is 25.1 Å². The molecule has 1 aromatic carbocycles. The van der Waals surface area contributed by atoms with Crippen molar-refractivity contribution in [2.45, 2.75) is 12.5 Å². The van der Waals surface area contributed by atoms with Gasteiger partial charge in [-0.05, 0) is 18.6 Å². The van der Waals surface area contributed by atoms with Crippen molar-refractivity contribution in [1.29, 1.82) is 0 Å². The summed E-state index contributed by atoms with van der Waals surface area (Å²) in [5.41, 5.74) is 3.15. The van der Waals surface area contributed by atoms with Crippen LogP contribution in [-0.4, -0.2) is 40.9 Å². The van der Waals surface area contributed by atoms with E-state index >= 15 is 0 Å². The quantitative estimate of drug-likeness (QED) is 0.745. The van der Waals surface area contributed by atoms with E-state index in [0.717, 1.165) is 42.2 Å². The zero-order chi connectivity index (χ0) is 14.9. The van der Waals surface area contributed by atoms with Gasteiger partial charge in [-0.15, -0.1) is 0 Å². The molecule has 0 spiro atoms. The highest BCUT2D eigenvalue weighted by Gasteiger charge is 2.25. The number of benzene rings is 1. The summed E-state index contributed by atoms with van der Waals surface area (Å²) in [7, 11) is 1.77. The van der Waals surface area contributed by atoms with Gasteiger partial charge in [0.05, 0.1) is 17.3 Å². The molecule has 1 atom stereocenters. The topological polar surface area (TPSA) is 42.7 Å². The molecular formula is C17H18N4O. The third kappa shape index (κ3) is 2.23. The van der Waals surface area contributed by atoms with Gasteiger partial charge in [0.2, 0.25) is 5.95 Å². The Morgan fingerprint density at radius 1 is 1.18 bits per heavy atom. The van der Waals surface area contributed by atoms with Crippen LogP contribution in [0.3, 0.4) is 0 Å². The van der Waals surface area contributed by atoms with Crippen LogP contribution < -0.4 is 4.90 Å². The Balaban J connectivity index is 1.76. The largest absolute Gasteiger partial charge is 0.380 e. The van der Waals surface area contributed by atoms with Crippen LogP contribution >= 0.6 is 0 Å². The summed E-state index contributed by atoms with van der Waals surface area (Å²) in [5.74, 6) is 0.888. The first-order chi connectivity index (χ1) is 10.8. The molecule has 1 aliphatic heterocycles. The second-order valence-corrected chi connectivity index (χ2v) is 5.57. The Bertz CT molecular complexity index is 784. The minimum Gasteiger partial charge on any atom is -0.380 e. The molecule has 0 amide bonds. The lowest BCUT2D eigenvalue weighted by Gasteiger charge is -2.17. The minimum atomic E-state index is 0.279. The molecule has 3 heterocycles. The molecular weight excluding hydrogens is 276 g/mol. The van der Waals surface area contributed by atoms with Crippen LogP contribution in [0, 0.1) is 0 Å².